The molecule has 0 bridgehead atoms. The molecule has 0 aliphatic carbocycles. The lowest BCUT2D eigenvalue weighted by Gasteiger charge is -1.82. The number of alkyl halides is 5. The summed E-state index contributed by atoms with van der Waals surface area (Å²) >= 11 is 0. The second kappa shape index (κ2) is 6.24. The highest BCUT2D eigenvalue weighted by molar-refractivity contribution is 5.76. The molecule has 62 valence electrons. The van der Waals surface area contributed by atoms with Crippen molar-refractivity contribution in [2.24, 2.45) is 5.73 Å². The van der Waals surface area contributed by atoms with Gasteiger partial charge in [0.05, 0.1) is 0 Å². The van der Waals surface area contributed by atoms with Gasteiger partial charge in [0.25, 0.3) is 5.91 Å². The maximum Gasteiger partial charge on any atom is 0.379 e. The van der Waals surface area contributed by atoms with E-state index in [9.17, 15) is 26.7 Å². The minimum atomic E-state index is -3.67. The standard InChI is InChI=1S/C2H3F2NO.CHF3/c3-1(4)2(5)6;2-1(3)4/h1H,(H2,5,6);1H. The Morgan fingerprint density at radius 1 is 1.10 bits per heavy atom. The molecule has 2 N–H and O–H groups in total. The molecular formula is C3H4F5NO. The van der Waals surface area contributed by atoms with Crippen LogP contribution in [0.15, 0.2) is 0 Å². The molecule has 0 aromatic heterocycles. The third-order valence-electron chi connectivity index (χ3n) is 0.215. The average molecular weight is 165 g/mol. The zero-order chi connectivity index (χ0) is 8.73. The number of nitrogens with two attached hydrogens (primary N) is 1. The van der Waals surface area contributed by atoms with Crippen LogP contribution in [0.2, 0.25) is 0 Å². The summed E-state index contributed by atoms with van der Waals surface area (Å²) in [4.78, 5) is 9.17. The first-order valence-corrected chi connectivity index (χ1v) is 1.87. The number of hydrogen-bond donors (Lipinski definition) is 1. The van der Waals surface area contributed by atoms with E-state index < -0.39 is 19.0 Å². The van der Waals surface area contributed by atoms with E-state index in [0.29, 0.717) is 0 Å². The van der Waals surface area contributed by atoms with Crippen LogP contribution in [0.3, 0.4) is 0 Å². The summed E-state index contributed by atoms with van der Waals surface area (Å²) in [5.41, 5.74) is 4.05. The first-order chi connectivity index (χ1) is 4.37. The topological polar surface area (TPSA) is 43.1 Å². The van der Waals surface area contributed by atoms with Gasteiger partial charge >= 0.3 is 13.1 Å². The number of hydrogen-bond acceptors (Lipinski definition) is 1. The van der Waals surface area contributed by atoms with Gasteiger partial charge in [-0.05, 0) is 0 Å². The molecule has 0 fully saturated rings. The second-order valence-electron chi connectivity index (χ2n) is 0.951. The molecule has 0 aromatic carbocycles. The first-order valence-electron chi connectivity index (χ1n) is 1.87. The molecule has 0 saturated carbocycles. The lowest BCUT2D eigenvalue weighted by Crippen LogP contribution is -2.19. The van der Waals surface area contributed by atoms with Crippen LogP contribution in [0, 0.1) is 0 Å². The van der Waals surface area contributed by atoms with E-state index in [2.05, 4.69) is 5.73 Å². The van der Waals surface area contributed by atoms with E-state index in [0.717, 1.165) is 0 Å². The predicted octanol–water partition coefficient (Wildman–Crippen LogP) is 0.915. The Bertz CT molecular complexity index is 92.1. The molecule has 0 saturated heterocycles. The van der Waals surface area contributed by atoms with E-state index in [1.54, 1.807) is 0 Å². The zero-order valence-electron chi connectivity index (χ0n) is 4.53. The van der Waals surface area contributed by atoms with Crippen molar-refractivity contribution in [3.05, 3.63) is 0 Å². The van der Waals surface area contributed by atoms with E-state index in [4.69, 9.17) is 0 Å². The minimum Gasteiger partial charge on any atom is -0.365 e. The molecule has 0 rings (SSSR count). The van der Waals surface area contributed by atoms with Crippen molar-refractivity contribution in [3.8, 4) is 0 Å². The molecule has 10 heavy (non-hydrogen) atoms. The summed E-state index contributed by atoms with van der Waals surface area (Å²) in [6.07, 6.45) is -3.01. The smallest absolute Gasteiger partial charge is 0.365 e. The molecule has 0 aliphatic rings. The van der Waals surface area contributed by atoms with Crippen molar-refractivity contribution in [1.82, 2.24) is 0 Å². The summed E-state index contributed by atoms with van der Waals surface area (Å²) in [6, 6.07) is 0. The van der Waals surface area contributed by atoms with Crippen LogP contribution in [-0.4, -0.2) is 19.0 Å². The third-order valence-corrected chi connectivity index (χ3v) is 0.215. The van der Waals surface area contributed by atoms with Crippen LogP contribution >= 0.6 is 0 Å². The van der Waals surface area contributed by atoms with Crippen molar-refractivity contribution in [2.75, 3.05) is 0 Å². The van der Waals surface area contributed by atoms with Crippen LogP contribution in [0.4, 0.5) is 22.0 Å². The molecule has 0 heterocycles. The van der Waals surface area contributed by atoms with Gasteiger partial charge in [0.15, 0.2) is 0 Å². The Labute approximate surface area is 52.8 Å². The largest absolute Gasteiger partial charge is 0.379 e. The quantitative estimate of drug-likeness (QED) is 0.576. The van der Waals surface area contributed by atoms with Crippen LogP contribution in [0.1, 0.15) is 0 Å². The minimum absolute atomic E-state index is 1.57. The van der Waals surface area contributed by atoms with Crippen molar-refractivity contribution in [3.63, 3.8) is 0 Å². The summed E-state index contributed by atoms with van der Waals surface area (Å²) in [6.45, 7) is -3.67. The Morgan fingerprint density at radius 2 is 1.20 bits per heavy atom. The van der Waals surface area contributed by atoms with Gasteiger partial charge in [-0.1, -0.05) is 0 Å². The number of rotatable bonds is 1. The summed E-state index contributed by atoms with van der Waals surface area (Å²) in [5, 5.41) is 0. The van der Waals surface area contributed by atoms with Crippen molar-refractivity contribution in [1.29, 1.82) is 0 Å². The van der Waals surface area contributed by atoms with Crippen LogP contribution in [0.25, 0.3) is 0 Å². The van der Waals surface area contributed by atoms with Gasteiger partial charge in [-0.3, -0.25) is 4.79 Å². The van der Waals surface area contributed by atoms with Crippen molar-refractivity contribution in [2.45, 2.75) is 13.1 Å². The van der Waals surface area contributed by atoms with E-state index in [-0.39, 0.29) is 0 Å². The first kappa shape index (κ1) is 11.9. The van der Waals surface area contributed by atoms with Gasteiger partial charge < -0.3 is 5.73 Å². The number of carbonyl (C=O) groups is 1. The van der Waals surface area contributed by atoms with E-state index in [1.807, 2.05) is 0 Å². The molecule has 0 unspecified atom stereocenters. The van der Waals surface area contributed by atoms with Gasteiger partial charge in [0.1, 0.15) is 0 Å². The molecule has 7 heteroatoms. The molecule has 0 aliphatic heterocycles. The van der Waals surface area contributed by atoms with Gasteiger partial charge in [0.2, 0.25) is 0 Å². The van der Waals surface area contributed by atoms with E-state index >= 15 is 0 Å². The molecule has 1 amide bonds. The van der Waals surface area contributed by atoms with Gasteiger partial charge in [-0.15, -0.1) is 0 Å². The molecule has 0 radical (unpaired) electrons. The fourth-order valence-electron chi connectivity index (χ4n) is 0. The summed E-state index contributed by atoms with van der Waals surface area (Å²) in [5.74, 6) is -1.57. The molecule has 0 aromatic rings. The third kappa shape index (κ3) is 27.4. The zero-order valence-corrected chi connectivity index (χ0v) is 4.53. The monoisotopic (exact) mass is 165 g/mol. The van der Waals surface area contributed by atoms with Crippen molar-refractivity contribution < 1.29 is 26.7 Å². The Kier molecular flexibility index (Phi) is 7.41. The fourth-order valence-corrected chi connectivity index (χ4v) is 0. The highest BCUT2D eigenvalue weighted by Gasteiger charge is 2.07. The number of carbonyl (C=O) groups excluding carboxylic acids is 1. The predicted molar refractivity (Wildman–Crippen MR) is 22.3 cm³/mol. The highest BCUT2D eigenvalue weighted by Crippen LogP contribution is 1.87. The fraction of sp³-hybridized carbons (Fsp3) is 0.667. The van der Waals surface area contributed by atoms with Crippen LogP contribution in [0.5, 0.6) is 0 Å². The Hall–Kier alpha value is -0.880. The molecule has 0 atom stereocenters. The van der Waals surface area contributed by atoms with Gasteiger partial charge in [-0.25, -0.2) is 0 Å². The Morgan fingerprint density at radius 3 is 1.20 bits per heavy atom. The summed E-state index contributed by atoms with van der Waals surface area (Å²) < 4.78 is 50.4. The second-order valence-corrected chi connectivity index (χ2v) is 0.951. The number of primary amides is 1. The molecular weight excluding hydrogens is 161 g/mol. The van der Waals surface area contributed by atoms with Crippen molar-refractivity contribution >= 4 is 5.91 Å². The molecule has 2 nitrogen and oxygen atoms in total. The summed E-state index contributed by atoms with van der Waals surface area (Å²) in [7, 11) is 0. The maximum atomic E-state index is 10.7. The average Bonchev–Trinajstić information content (AvgIpc) is 1.63. The highest BCUT2D eigenvalue weighted by atomic mass is 19.4. The van der Waals surface area contributed by atoms with Crippen LogP contribution < -0.4 is 5.73 Å². The maximum absolute atomic E-state index is 10.7. The van der Waals surface area contributed by atoms with Gasteiger partial charge in [0, 0.05) is 0 Å². The Balaban J connectivity index is 0. The van der Waals surface area contributed by atoms with Crippen LogP contribution in [-0.2, 0) is 4.79 Å². The molecule has 0 spiro atoms. The normalized spacial score (nSPS) is 9.10. The number of halogens is 5. The lowest BCUT2D eigenvalue weighted by molar-refractivity contribution is -0.128. The van der Waals surface area contributed by atoms with Gasteiger partial charge in [-0.2, -0.15) is 22.0 Å². The van der Waals surface area contributed by atoms with E-state index in [1.165, 1.54) is 0 Å². The number of amides is 1. The SMILES string of the molecule is FC(F)F.NC(=O)C(F)F. The lowest BCUT2D eigenvalue weighted by atomic mass is 10.7.